The molecule has 0 bridgehead atoms. The Balaban J connectivity index is 0.620. The molecule has 4 aliphatic heterocycles. The number of halogens is 4. The van der Waals surface area contributed by atoms with E-state index in [4.69, 9.17) is 11.6 Å². The Hall–Kier alpha value is -7.41. The number of aryl methyl sites for hydroxylation is 1. The second kappa shape index (κ2) is 37.9. The molecular weight excluding hydrogens is 1530 g/mol. The molecule has 4 fully saturated rings. The van der Waals surface area contributed by atoms with Crippen LogP contribution in [0, 0.1) is 17.8 Å². The van der Waals surface area contributed by atoms with Gasteiger partial charge in [0.25, 0.3) is 25.8 Å². The summed E-state index contributed by atoms with van der Waals surface area (Å²) in [7, 11) is -11.0. The lowest BCUT2D eigenvalue weighted by atomic mass is 9.71. The lowest BCUT2D eigenvalue weighted by Gasteiger charge is -2.44. The number of aromatic nitrogens is 1. The van der Waals surface area contributed by atoms with Gasteiger partial charge in [-0.05, 0) is 178 Å². The molecule has 0 saturated carbocycles. The van der Waals surface area contributed by atoms with E-state index in [0.29, 0.717) is 75.2 Å². The zero-order chi connectivity index (χ0) is 80.1. The number of aliphatic hydroxyl groups excluding tert-OH is 1. The molecule has 0 spiro atoms. The number of allylic oxidation sites excluding steroid dienone is 1. The molecule has 0 radical (unpaired) electrons. The molecule has 6 atom stereocenters. The first kappa shape index (κ1) is 85.5. The van der Waals surface area contributed by atoms with Crippen LogP contribution in [0.25, 0.3) is 16.0 Å². The SMILES string of the molecule is Cc1ncsc1-c1ccc([C@H](C)NC(=O)[C@@H]2C[C@@H](O)CN2C(=O)[C@@H](NC(=O)CCCCCCC(=O)N2CCN(C[C@]3(C)CCC(c4ccc(Cl)cc4)=C(CN4CCN(c5ccc(C(=O)NS(=O)(=O)c6ccc(N[C@H](CCN7CCCCC7)CSc7ccccc7)c(S(=O)(=O)C(F)(F)F)c6)cc5)CC4)C3)CC2)C(C)(C)C)cc1. The number of nitrogens with one attached hydrogen (secondary N) is 4. The van der Waals surface area contributed by atoms with Crippen LogP contribution in [0.5, 0.6) is 0 Å². The van der Waals surface area contributed by atoms with Crippen LogP contribution in [0.4, 0.5) is 24.5 Å². The minimum absolute atomic E-state index is 0.0199. The Bertz CT molecular complexity index is 4490. The van der Waals surface area contributed by atoms with Crippen molar-refractivity contribution in [1.82, 2.24) is 44.8 Å². The van der Waals surface area contributed by atoms with E-state index in [1.54, 1.807) is 23.5 Å². The largest absolute Gasteiger partial charge is 0.501 e. The van der Waals surface area contributed by atoms with Crippen molar-refractivity contribution in [2.45, 2.75) is 182 Å². The van der Waals surface area contributed by atoms with Crippen molar-refractivity contribution in [2.75, 3.05) is 108 Å². The molecule has 29 heteroatoms. The van der Waals surface area contributed by atoms with E-state index in [-0.39, 0.29) is 54.1 Å². The number of amides is 5. The first-order valence-corrected chi connectivity index (χ1v) is 44.3. The Kier molecular flexibility index (Phi) is 28.9. The molecular formula is C83H107ClF3N11O10S4. The van der Waals surface area contributed by atoms with Gasteiger partial charge in [-0.1, -0.05) is 119 Å². The Morgan fingerprint density at radius 3 is 2.07 bits per heavy atom. The van der Waals surface area contributed by atoms with Crippen LogP contribution in [-0.4, -0.2) is 208 Å². The summed E-state index contributed by atoms with van der Waals surface area (Å²) in [6, 6.07) is 31.5. The van der Waals surface area contributed by atoms with Crippen molar-refractivity contribution >= 4 is 101 Å². The van der Waals surface area contributed by atoms with Crippen LogP contribution < -0.4 is 25.6 Å². The summed E-state index contributed by atoms with van der Waals surface area (Å²) >= 11 is 9.43. The Labute approximate surface area is 671 Å². The van der Waals surface area contributed by atoms with E-state index in [1.165, 1.54) is 39.9 Å². The summed E-state index contributed by atoms with van der Waals surface area (Å²) in [4.78, 5) is 86.0. The van der Waals surface area contributed by atoms with Gasteiger partial charge in [0.15, 0.2) is 0 Å². The zero-order valence-corrected chi connectivity index (χ0v) is 68.9. The maximum absolute atomic E-state index is 14.4. The normalized spacial score (nSPS) is 20.1. The van der Waals surface area contributed by atoms with Crippen molar-refractivity contribution in [2.24, 2.45) is 10.8 Å². The number of sulfone groups is 1. The van der Waals surface area contributed by atoms with Crippen LogP contribution in [0.2, 0.25) is 5.02 Å². The molecule has 1 aromatic heterocycles. The number of hydrogen-bond acceptors (Lipinski definition) is 18. The highest BCUT2D eigenvalue weighted by Crippen LogP contribution is 2.45. The number of anilines is 2. The van der Waals surface area contributed by atoms with Crippen LogP contribution in [0.15, 0.2) is 147 Å². The first-order chi connectivity index (χ1) is 53.3. The molecule has 4 saturated heterocycles. The number of carbonyl (C=O) groups is 5. The van der Waals surface area contributed by atoms with E-state index in [2.05, 4.69) is 59.6 Å². The highest BCUT2D eigenvalue weighted by molar-refractivity contribution is 7.99. The van der Waals surface area contributed by atoms with E-state index >= 15 is 0 Å². The number of nitrogens with zero attached hydrogens (tertiary/aromatic N) is 7. The second-order valence-electron chi connectivity index (χ2n) is 32.0. The molecule has 21 nitrogen and oxygen atoms in total. The third-order valence-corrected chi connectivity index (χ3v) is 27.6. The van der Waals surface area contributed by atoms with Gasteiger partial charge in [-0.15, -0.1) is 23.1 Å². The summed E-state index contributed by atoms with van der Waals surface area (Å²) in [5.41, 5.74) is 2.44. The molecule has 112 heavy (non-hydrogen) atoms. The van der Waals surface area contributed by atoms with Gasteiger partial charge in [0.05, 0.1) is 38.8 Å². The van der Waals surface area contributed by atoms with Gasteiger partial charge < -0.3 is 40.7 Å². The van der Waals surface area contributed by atoms with Gasteiger partial charge in [-0.25, -0.2) is 26.5 Å². The van der Waals surface area contributed by atoms with Crippen molar-refractivity contribution < 1.29 is 59.1 Å². The van der Waals surface area contributed by atoms with E-state index < -0.39 is 82.3 Å². The van der Waals surface area contributed by atoms with Crippen molar-refractivity contribution in [3.05, 3.63) is 160 Å². The molecule has 11 rings (SSSR count). The van der Waals surface area contributed by atoms with E-state index in [9.17, 15) is 59.1 Å². The van der Waals surface area contributed by atoms with Crippen molar-refractivity contribution in [1.29, 1.82) is 0 Å². The molecule has 5 aliphatic rings. The summed E-state index contributed by atoms with van der Waals surface area (Å²) in [6.45, 7) is 21.5. The smallest absolute Gasteiger partial charge is 0.391 e. The quantitative estimate of drug-likeness (QED) is 0.0200. The van der Waals surface area contributed by atoms with Gasteiger partial charge in [0, 0.05) is 131 Å². The predicted octanol–water partition coefficient (Wildman–Crippen LogP) is 13.3. The summed E-state index contributed by atoms with van der Waals surface area (Å²) < 4.78 is 99.4. The van der Waals surface area contributed by atoms with E-state index in [1.807, 2.05) is 116 Å². The van der Waals surface area contributed by atoms with Crippen LogP contribution in [-0.2, 0) is 39.0 Å². The number of sulfonamides is 1. The standard InChI is InChI=1S/C83H107ClF3N11O10S4/c1-57(59-21-23-61(24-22-59)76-58(2)88-56-110-76)89-79(103)72-49-67(99)53-98(72)80(104)77(81(3,4)5)91-74(100)19-13-7-8-14-20-75(101)97-47-43-95(44-48-97)55-82(6)37-35-70(60-25-29-64(84)30-26-60)63(51-82)52-94-41-45-96(46-42-94)66-31-27-62(28-32-66)78(102)92-112(107,108)69-33-34-71(73(50-69)111(105,106)83(85,86)87)90-65(36-40-93-38-15-10-16-39-93)54-109-68-17-11-9-12-18-68/h9,11-12,17-18,21-34,50,56-57,65,67,72,77,90,99H,7-8,10,13-16,19-20,35-49,51-55H2,1-6H3,(H,89,103)(H,91,100)(H,92,102)/t57-,65+,67+,72-,77+,82+/m0/s1. The topological polar surface area (TPSA) is 254 Å². The van der Waals surface area contributed by atoms with Crippen molar-refractivity contribution in [3.63, 3.8) is 0 Å². The lowest BCUT2D eigenvalue weighted by molar-refractivity contribution is -0.144. The fourth-order valence-corrected chi connectivity index (χ4v) is 19.9. The molecule has 0 unspecified atom stereocenters. The highest BCUT2D eigenvalue weighted by atomic mass is 35.5. The number of hydrogen-bond donors (Lipinski definition) is 5. The van der Waals surface area contributed by atoms with Crippen molar-refractivity contribution in [3.8, 4) is 10.4 Å². The number of aliphatic hydroxyl groups is 1. The van der Waals surface area contributed by atoms with E-state index in [0.717, 1.165) is 154 Å². The van der Waals surface area contributed by atoms with Crippen LogP contribution >= 0.6 is 34.7 Å². The average Bonchev–Trinajstić information content (AvgIpc) is 0.938. The number of unbranched alkanes of at least 4 members (excludes halogenated alkanes) is 3. The fourth-order valence-electron chi connectivity index (χ4n) is 15.9. The lowest BCUT2D eigenvalue weighted by Crippen LogP contribution is -2.57. The fraction of sp³-hybridized carbons (Fsp3) is 0.518. The maximum atomic E-state index is 14.4. The number of piperazine rings is 2. The average molecular weight is 1640 g/mol. The number of alkyl halides is 3. The Morgan fingerprint density at radius 2 is 1.42 bits per heavy atom. The monoisotopic (exact) mass is 1640 g/mol. The number of likely N-dealkylation sites (tertiary alicyclic amines) is 2. The molecule has 606 valence electrons. The maximum Gasteiger partial charge on any atom is 0.501 e. The molecule has 6 aromatic rings. The summed E-state index contributed by atoms with van der Waals surface area (Å²) in [5, 5.41) is 20.5. The zero-order valence-electron chi connectivity index (χ0n) is 64.9. The highest BCUT2D eigenvalue weighted by Gasteiger charge is 2.49. The number of carbonyl (C=O) groups excluding carboxylic acids is 5. The third-order valence-electron chi connectivity index (χ3n) is 22.3. The number of thioether (sulfide) groups is 1. The Morgan fingerprint density at radius 1 is 0.759 bits per heavy atom. The van der Waals surface area contributed by atoms with Gasteiger partial charge in [0.1, 0.15) is 17.0 Å². The van der Waals surface area contributed by atoms with Crippen LogP contribution in [0.3, 0.4) is 0 Å². The minimum atomic E-state index is -6.09. The molecule has 5 heterocycles. The summed E-state index contributed by atoms with van der Waals surface area (Å²) in [5.74, 6) is -1.60. The van der Waals surface area contributed by atoms with Gasteiger partial charge in [0.2, 0.25) is 23.6 Å². The number of thiazole rings is 1. The van der Waals surface area contributed by atoms with Crippen LogP contribution in [0.1, 0.15) is 158 Å². The van der Waals surface area contributed by atoms with Gasteiger partial charge in [-0.3, -0.25) is 33.8 Å². The summed E-state index contributed by atoms with van der Waals surface area (Å²) in [6.07, 6.45) is 9.01. The molecule has 5 aromatic carbocycles. The molecule has 5 amide bonds. The number of piperidine rings is 1. The van der Waals surface area contributed by atoms with Gasteiger partial charge >= 0.3 is 5.51 Å². The minimum Gasteiger partial charge on any atom is -0.391 e. The second-order valence-corrected chi connectivity index (χ2v) is 38.0. The number of benzene rings is 5. The first-order valence-electron chi connectivity index (χ1n) is 39.1. The molecule has 1 aliphatic carbocycles. The molecule has 5 N–H and O–H groups in total. The predicted molar refractivity (Wildman–Crippen MR) is 436 cm³/mol. The third kappa shape index (κ3) is 22.6. The number of rotatable bonds is 31. The number of β-amino-alcohol motifs (C(OH)–C–C–N with tert-alkyl or cyclic N) is 1. The van der Waals surface area contributed by atoms with Gasteiger partial charge in [-0.2, -0.15) is 13.2 Å².